The van der Waals surface area contributed by atoms with E-state index in [4.69, 9.17) is 4.74 Å². The van der Waals surface area contributed by atoms with Crippen molar-refractivity contribution in [2.24, 2.45) is 0 Å². The van der Waals surface area contributed by atoms with Crippen LogP contribution in [0.4, 0.5) is 0 Å². The largest absolute Gasteiger partial charge is 0.489 e. The van der Waals surface area contributed by atoms with Gasteiger partial charge >= 0.3 is 0 Å². The first-order valence-electron chi connectivity index (χ1n) is 9.23. The number of carbonyl (C=O) groups is 1. The minimum Gasteiger partial charge on any atom is -0.489 e. The number of amides is 1. The predicted octanol–water partition coefficient (Wildman–Crippen LogP) is 2.51. The Bertz CT molecular complexity index is 720. The second kappa shape index (κ2) is 10.3. The number of hydrogen-bond acceptors (Lipinski definition) is 5. The van der Waals surface area contributed by atoms with Crippen molar-refractivity contribution in [2.45, 2.75) is 25.2 Å². The number of thioether (sulfide) groups is 1. The van der Waals surface area contributed by atoms with E-state index in [0.29, 0.717) is 18.8 Å². The molecule has 1 aliphatic rings. The van der Waals surface area contributed by atoms with Gasteiger partial charge in [-0.15, -0.1) is 0 Å². The van der Waals surface area contributed by atoms with Crippen molar-refractivity contribution in [3.05, 3.63) is 65.7 Å². The molecule has 1 aliphatic heterocycles. The molecule has 1 fully saturated rings. The molecule has 1 amide bonds. The van der Waals surface area contributed by atoms with Crippen LogP contribution in [0.2, 0.25) is 0 Å². The van der Waals surface area contributed by atoms with E-state index in [2.05, 4.69) is 10.6 Å². The van der Waals surface area contributed by atoms with Crippen molar-refractivity contribution in [3.8, 4) is 5.75 Å². The second-order valence-electron chi connectivity index (χ2n) is 6.60. The maximum Gasteiger partial charge on any atom is 0.221 e. The Hall–Kier alpha value is -2.02. The zero-order valence-electron chi connectivity index (χ0n) is 15.3. The highest BCUT2D eigenvalue weighted by Crippen LogP contribution is 2.20. The van der Waals surface area contributed by atoms with Gasteiger partial charge in [0.25, 0.3) is 0 Å². The molecule has 0 saturated carbocycles. The molecule has 1 heterocycles. The molecule has 144 valence electrons. The predicted molar refractivity (Wildman–Crippen MR) is 109 cm³/mol. The smallest absolute Gasteiger partial charge is 0.221 e. The van der Waals surface area contributed by atoms with Crippen LogP contribution in [0.15, 0.2) is 54.6 Å². The van der Waals surface area contributed by atoms with Crippen LogP contribution >= 0.6 is 11.8 Å². The van der Waals surface area contributed by atoms with Gasteiger partial charge in [-0.05, 0) is 23.3 Å². The molecule has 2 atom stereocenters. The van der Waals surface area contributed by atoms with Crippen LogP contribution in [0, 0.1) is 0 Å². The topological polar surface area (TPSA) is 70.6 Å². The Kier molecular flexibility index (Phi) is 7.56. The van der Waals surface area contributed by atoms with Crippen molar-refractivity contribution in [1.29, 1.82) is 0 Å². The Morgan fingerprint density at radius 3 is 2.89 bits per heavy atom. The molecule has 0 bridgehead atoms. The van der Waals surface area contributed by atoms with Crippen molar-refractivity contribution >= 4 is 17.7 Å². The van der Waals surface area contributed by atoms with Gasteiger partial charge in [-0.1, -0.05) is 42.5 Å². The molecular formula is C21H26N2O3S. The number of hydrogen-bond donors (Lipinski definition) is 3. The molecule has 3 N–H and O–H groups in total. The number of rotatable bonds is 8. The highest BCUT2D eigenvalue weighted by molar-refractivity contribution is 7.99. The molecule has 0 radical (unpaired) electrons. The number of carbonyl (C=O) groups excluding carboxylic acids is 1. The van der Waals surface area contributed by atoms with Gasteiger partial charge in [0, 0.05) is 37.1 Å². The Morgan fingerprint density at radius 1 is 1.26 bits per heavy atom. The first-order valence-corrected chi connectivity index (χ1v) is 10.4. The van der Waals surface area contributed by atoms with E-state index in [-0.39, 0.29) is 18.5 Å². The fourth-order valence-electron chi connectivity index (χ4n) is 2.93. The maximum atomic E-state index is 12.1. The van der Waals surface area contributed by atoms with Gasteiger partial charge in [-0.25, -0.2) is 0 Å². The summed E-state index contributed by atoms with van der Waals surface area (Å²) >= 11 is 1.87. The molecule has 6 heteroatoms. The normalized spacial score (nSPS) is 17.9. The summed E-state index contributed by atoms with van der Waals surface area (Å²) in [5, 5.41) is 16.6. The zero-order valence-corrected chi connectivity index (χ0v) is 16.1. The average Bonchev–Trinajstić information content (AvgIpc) is 2.72. The highest BCUT2D eigenvalue weighted by atomic mass is 32.2. The van der Waals surface area contributed by atoms with E-state index in [0.717, 1.165) is 29.2 Å². The summed E-state index contributed by atoms with van der Waals surface area (Å²) in [6.45, 7) is 1.62. The van der Waals surface area contributed by atoms with Crippen molar-refractivity contribution in [2.75, 3.05) is 24.6 Å². The summed E-state index contributed by atoms with van der Waals surface area (Å²) in [5.41, 5.74) is 1.82. The molecular weight excluding hydrogens is 360 g/mol. The number of aliphatic hydroxyl groups excluding tert-OH is 1. The maximum absolute atomic E-state index is 12.1. The molecule has 3 rings (SSSR count). The van der Waals surface area contributed by atoms with Gasteiger partial charge in [0.05, 0.1) is 6.10 Å². The van der Waals surface area contributed by atoms with Crippen LogP contribution in [-0.4, -0.2) is 41.7 Å². The van der Waals surface area contributed by atoms with Crippen molar-refractivity contribution < 1.29 is 14.6 Å². The van der Waals surface area contributed by atoms with Crippen molar-refractivity contribution in [1.82, 2.24) is 10.6 Å². The summed E-state index contributed by atoms with van der Waals surface area (Å²) in [6, 6.07) is 17.5. The van der Waals surface area contributed by atoms with E-state index in [1.54, 1.807) is 0 Å². The summed E-state index contributed by atoms with van der Waals surface area (Å²) in [6.07, 6.45) is -0.317. The third-order valence-corrected chi connectivity index (χ3v) is 5.54. The van der Waals surface area contributed by atoms with Gasteiger partial charge < -0.3 is 20.5 Å². The molecule has 5 nitrogen and oxygen atoms in total. The quantitative estimate of drug-likeness (QED) is 0.650. The first kappa shape index (κ1) is 19.7. The fraction of sp³-hybridized carbons (Fsp3) is 0.381. The fourth-order valence-corrected chi connectivity index (χ4v) is 3.88. The first-order chi connectivity index (χ1) is 13.2. The van der Waals surface area contributed by atoms with Crippen LogP contribution in [0.3, 0.4) is 0 Å². The molecule has 2 aromatic carbocycles. The Balaban J connectivity index is 1.46. The number of ether oxygens (including phenoxy) is 1. The lowest BCUT2D eigenvalue weighted by atomic mass is 10.1. The lowest BCUT2D eigenvalue weighted by molar-refractivity contribution is -0.121. The van der Waals surface area contributed by atoms with Gasteiger partial charge in [-0.2, -0.15) is 11.8 Å². The van der Waals surface area contributed by atoms with Gasteiger partial charge in [0.15, 0.2) is 0 Å². The summed E-state index contributed by atoms with van der Waals surface area (Å²) in [5.74, 6) is 2.71. The van der Waals surface area contributed by atoms with Crippen LogP contribution in [0.25, 0.3) is 0 Å². The summed E-state index contributed by atoms with van der Waals surface area (Å²) in [7, 11) is 0. The molecule has 2 unspecified atom stereocenters. The SMILES string of the molecule is O=C(CC1CSCCN1)NCC(O)c1cccc(OCc2ccccc2)c1. The number of aliphatic hydroxyl groups is 1. The van der Waals surface area contributed by atoms with Crippen molar-refractivity contribution in [3.63, 3.8) is 0 Å². The van der Waals surface area contributed by atoms with E-state index in [1.807, 2.05) is 66.4 Å². The van der Waals surface area contributed by atoms with E-state index >= 15 is 0 Å². The Morgan fingerprint density at radius 2 is 2.11 bits per heavy atom. The lowest BCUT2D eigenvalue weighted by Crippen LogP contribution is -2.41. The van der Waals surface area contributed by atoms with Crippen LogP contribution in [0.5, 0.6) is 5.75 Å². The van der Waals surface area contributed by atoms with E-state index in [9.17, 15) is 9.90 Å². The molecule has 1 saturated heterocycles. The van der Waals surface area contributed by atoms with Gasteiger partial charge in [0.1, 0.15) is 12.4 Å². The minimum atomic E-state index is -0.761. The van der Waals surface area contributed by atoms with Crippen LogP contribution < -0.4 is 15.4 Å². The summed E-state index contributed by atoms with van der Waals surface area (Å²) in [4.78, 5) is 12.1. The number of nitrogens with one attached hydrogen (secondary N) is 2. The summed E-state index contributed by atoms with van der Waals surface area (Å²) < 4.78 is 5.80. The molecule has 0 aromatic heterocycles. The van der Waals surface area contributed by atoms with Crippen LogP contribution in [-0.2, 0) is 11.4 Å². The van der Waals surface area contributed by atoms with Gasteiger partial charge in [0.2, 0.25) is 5.91 Å². The minimum absolute atomic E-state index is 0.0365. The lowest BCUT2D eigenvalue weighted by Gasteiger charge is -2.22. The third kappa shape index (κ3) is 6.57. The molecule has 0 aliphatic carbocycles. The molecule has 2 aromatic rings. The third-order valence-electron chi connectivity index (χ3n) is 4.41. The highest BCUT2D eigenvalue weighted by Gasteiger charge is 2.17. The number of benzene rings is 2. The standard InChI is InChI=1S/C21H26N2O3S/c24-20(13-23-21(25)12-18-15-27-10-9-22-18)17-7-4-8-19(11-17)26-14-16-5-2-1-3-6-16/h1-8,11,18,20,22,24H,9-10,12-15H2,(H,23,25). The zero-order chi connectivity index (χ0) is 18.9. The van der Waals surface area contributed by atoms with E-state index in [1.165, 1.54) is 0 Å². The monoisotopic (exact) mass is 386 g/mol. The van der Waals surface area contributed by atoms with E-state index < -0.39 is 6.10 Å². The molecule has 0 spiro atoms. The second-order valence-corrected chi connectivity index (χ2v) is 7.75. The Labute approximate surface area is 164 Å². The molecule has 27 heavy (non-hydrogen) atoms. The van der Waals surface area contributed by atoms with Crippen LogP contribution in [0.1, 0.15) is 23.7 Å². The average molecular weight is 387 g/mol. The van der Waals surface area contributed by atoms with Gasteiger partial charge in [-0.3, -0.25) is 4.79 Å².